The van der Waals surface area contributed by atoms with E-state index in [2.05, 4.69) is 22.8 Å². The highest BCUT2D eigenvalue weighted by molar-refractivity contribution is 7.17. The minimum absolute atomic E-state index is 0. The van der Waals surface area contributed by atoms with Crippen molar-refractivity contribution in [3.05, 3.63) is 35.2 Å². The molecule has 6 heteroatoms. The predicted octanol–water partition coefficient (Wildman–Crippen LogP) is 2.27. The van der Waals surface area contributed by atoms with Crippen LogP contribution >= 0.6 is 23.7 Å². The molecule has 1 aliphatic rings. The highest BCUT2D eigenvalue weighted by atomic mass is 35.5. The Morgan fingerprint density at radius 2 is 2.29 bits per heavy atom. The fourth-order valence-corrected chi connectivity index (χ4v) is 3.43. The minimum Gasteiger partial charge on any atom is -0.378 e. The van der Waals surface area contributed by atoms with Gasteiger partial charge in [-0.1, -0.05) is 18.2 Å². The number of hydrogen-bond acceptors (Lipinski definition) is 4. The van der Waals surface area contributed by atoms with Gasteiger partial charge in [0.2, 0.25) is 5.91 Å². The molecule has 1 fully saturated rings. The number of fused-ring (bicyclic) bond motifs is 1. The average molecular weight is 327 g/mol. The van der Waals surface area contributed by atoms with Gasteiger partial charge in [-0.2, -0.15) is 0 Å². The van der Waals surface area contributed by atoms with E-state index in [0.717, 1.165) is 6.54 Å². The second-order valence-electron chi connectivity index (χ2n) is 5.03. The molecule has 0 spiro atoms. The van der Waals surface area contributed by atoms with Crippen LogP contribution in [0.15, 0.2) is 29.6 Å². The minimum atomic E-state index is -0.210. The summed E-state index contributed by atoms with van der Waals surface area (Å²) in [6, 6.07) is 8.10. The number of rotatable bonds is 3. The van der Waals surface area contributed by atoms with Crippen molar-refractivity contribution in [3.63, 3.8) is 0 Å². The number of nitrogens with one attached hydrogen (secondary N) is 1. The van der Waals surface area contributed by atoms with Crippen molar-refractivity contribution in [2.45, 2.75) is 12.6 Å². The van der Waals surface area contributed by atoms with Crippen LogP contribution in [-0.4, -0.2) is 43.7 Å². The summed E-state index contributed by atoms with van der Waals surface area (Å²) < 4.78 is 6.62. The van der Waals surface area contributed by atoms with E-state index in [1.165, 1.54) is 15.6 Å². The van der Waals surface area contributed by atoms with Gasteiger partial charge in [0.1, 0.15) is 6.04 Å². The first-order valence-electron chi connectivity index (χ1n) is 6.77. The molecule has 1 aromatic carbocycles. The molecule has 114 valence electrons. The van der Waals surface area contributed by atoms with E-state index in [0.29, 0.717) is 19.8 Å². The van der Waals surface area contributed by atoms with Gasteiger partial charge in [-0.05, 0) is 22.4 Å². The monoisotopic (exact) mass is 326 g/mol. The Bertz CT molecular complexity index is 610. The van der Waals surface area contributed by atoms with Crippen LogP contribution in [0, 0.1) is 0 Å². The topological polar surface area (TPSA) is 41.6 Å². The summed E-state index contributed by atoms with van der Waals surface area (Å²) in [5, 5.41) is 6.58. The zero-order valence-corrected chi connectivity index (χ0v) is 13.5. The number of ether oxygens (including phenoxy) is 1. The number of carbonyl (C=O) groups is 1. The fourth-order valence-electron chi connectivity index (χ4n) is 2.48. The van der Waals surface area contributed by atoms with Gasteiger partial charge in [0.05, 0.1) is 13.2 Å². The van der Waals surface area contributed by atoms with Crippen molar-refractivity contribution in [1.82, 2.24) is 10.2 Å². The highest BCUT2D eigenvalue weighted by Crippen LogP contribution is 2.26. The molecule has 1 unspecified atom stereocenters. The summed E-state index contributed by atoms with van der Waals surface area (Å²) in [5.74, 6) is 0.0972. The maximum Gasteiger partial charge on any atom is 0.242 e. The number of carbonyl (C=O) groups excluding carboxylic acids is 1. The molecule has 1 saturated heterocycles. The van der Waals surface area contributed by atoms with Crippen LogP contribution < -0.4 is 5.32 Å². The molecular weight excluding hydrogens is 308 g/mol. The Morgan fingerprint density at radius 1 is 1.48 bits per heavy atom. The normalized spacial score (nSPS) is 18.2. The van der Waals surface area contributed by atoms with E-state index in [4.69, 9.17) is 4.74 Å². The maximum atomic E-state index is 12.3. The Labute approximate surface area is 134 Å². The zero-order valence-electron chi connectivity index (χ0n) is 11.9. The third-order valence-electron chi connectivity index (χ3n) is 3.56. The second kappa shape index (κ2) is 7.22. The third kappa shape index (κ3) is 3.55. The fraction of sp³-hybridized carbons (Fsp3) is 0.400. The second-order valence-corrected chi connectivity index (χ2v) is 5.94. The first-order chi connectivity index (χ1) is 9.75. The molecule has 21 heavy (non-hydrogen) atoms. The molecule has 2 heterocycles. The van der Waals surface area contributed by atoms with Gasteiger partial charge in [0.15, 0.2) is 0 Å². The molecule has 3 rings (SSSR count). The van der Waals surface area contributed by atoms with Crippen LogP contribution in [-0.2, 0) is 16.1 Å². The molecule has 1 aliphatic heterocycles. The van der Waals surface area contributed by atoms with Crippen molar-refractivity contribution in [2.24, 2.45) is 0 Å². The molecule has 0 radical (unpaired) electrons. The Balaban J connectivity index is 0.00000161. The number of halogens is 1. The summed E-state index contributed by atoms with van der Waals surface area (Å²) in [5.41, 5.74) is 1.21. The van der Waals surface area contributed by atoms with Crippen molar-refractivity contribution >= 4 is 39.7 Å². The van der Waals surface area contributed by atoms with Gasteiger partial charge < -0.3 is 15.0 Å². The molecule has 1 atom stereocenters. The van der Waals surface area contributed by atoms with Crippen molar-refractivity contribution in [3.8, 4) is 0 Å². The number of likely N-dealkylation sites (N-methyl/N-ethyl adjacent to an activating group) is 1. The van der Waals surface area contributed by atoms with Crippen molar-refractivity contribution in [1.29, 1.82) is 0 Å². The van der Waals surface area contributed by atoms with E-state index in [1.807, 2.05) is 19.2 Å². The first-order valence-corrected chi connectivity index (χ1v) is 7.65. The predicted molar refractivity (Wildman–Crippen MR) is 88.2 cm³/mol. The van der Waals surface area contributed by atoms with Crippen molar-refractivity contribution < 1.29 is 9.53 Å². The summed E-state index contributed by atoms with van der Waals surface area (Å²) in [6.07, 6.45) is 0. The van der Waals surface area contributed by atoms with Gasteiger partial charge in [0.25, 0.3) is 0 Å². The third-order valence-corrected chi connectivity index (χ3v) is 4.58. The number of benzene rings is 1. The van der Waals surface area contributed by atoms with E-state index >= 15 is 0 Å². The van der Waals surface area contributed by atoms with E-state index in [1.54, 1.807) is 16.2 Å². The van der Waals surface area contributed by atoms with Crippen LogP contribution in [0.1, 0.15) is 5.56 Å². The molecule has 1 N–H and O–H groups in total. The van der Waals surface area contributed by atoms with Crippen LogP contribution in [0.5, 0.6) is 0 Å². The molecule has 1 aromatic heterocycles. The van der Waals surface area contributed by atoms with E-state index < -0.39 is 0 Å². The smallest absolute Gasteiger partial charge is 0.242 e. The van der Waals surface area contributed by atoms with Gasteiger partial charge >= 0.3 is 0 Å². The average Bonchev–Trinajstić information content (AvgIpc) is 2.91. The standard InChI is InChI=1S/C15H18N2O2S.ClH/c1-17(15(18)13-9-19-7-6-16-13)8-11-10-20-14-5-3-2-4-12(11)14;/h2-5,10,13,16H,6-9H2,1H3;1H. The lowest BCUT2D eigenvalue weighted by Gasteiger charge is -2.27. The number of nitrogens with zero attached hydrogens (tertiary/aromatic N) is 1. The van der Waals surface area contributed by atoms with E-state index in [-0.39, 0.29) is 24.4 Å². The van der Waals surface area contributed by atoms with Crippen LogP contribution in [0.2, 0.25) is 0 Å². The first kappa shape index (κ1) is 16.2. The van der Waals surface area contributed by atoms with Crippen LogP contribution in [0.4, 0.5) is 0 Å². The maximum absolute atomic E-state index is 12.3. The summed E-state index contributed by atoms with van der Waals surface area (Å²) in [7, 11) is 1.85. The van der Waals surface area contributed by atoms with Crippen molar-refractivity contribution in [2.75, 3.05) is 26.8 Å². The Hall–Kier alpha value is -1.14. The number of thiophene rings is 1. The summed E-state index contributed by atoms with van der Waals surface area (Å²) in [6.45, 7) is 2.53. The number of morpholine rings is 1. The lowest BCUT2D eigenvalue weighted by molar-refractivity contribution is -0.135. The lowest BCUT2D eigenvalue weighted by atomic mass is 10.1. The number of amides is 1. The molecule has 2 aromatic rings. The molecule has 0 aliphatic carbocycles. The zero-order chi connectivity index (χ0) is 13.9. The van der Waals surface area contributed by atoms with Gasteiger partial charge in [-0.3, -0.25) is 4.79 Å². The van der Waals surface area contributed by atoms with Gasteiger partial charge in [0, 0.05) is 24.8 Å². The summed E-state index contributed by atoms with van der Waals surface area (Å²) in [4.78, 5) is 14.1. The summed E-state index contributed by atoms with van der Waals surface area (Å²) >= 11 is 1.72. The van der Waals surface area contributed by atoms with Crippen LogP contribution in [0.3, 0.4) is 0 Å². The van der Waals surface area contributed by atoms with Crippen LogP contribution in [0.25, 0.3) is 10.1 Å². The Morgan fingerprint density at radius 3 is 3.05 bits per heavy atom. The molecular formula is C15H19ClN2O2S. The molecule has 0 saturated carbocycles. The van der Waals surface area contributed by atoms with Gasteiger partial charge in [-0.15, -0.1) is 23.7 Å². The largest absolute Gasteiger partial charge is 0.378 e. The SMILES string of the molecule is CN(Cc1csc2ccccc12)C(=O)C1COCCN1.Cl. The molecule has 4 nitrogen and oxygen atoms in total. The molecule has 0 bridgehead atoms. The quantitative estimate of drug-likeness (QED) is 0.940. The lowest BCUT2D eigenvalue weighted by Crippen LogP contribution is -2.51. The van der Waals surface area contributed by atoms with Gasteiger partial charge in [-0.25, -0.2) is 0 Å². The number of hydrogen-bond donors (Lipinski definition) is 1. The Kier molecular flexibility index (Phi) is 5.58. The highest BCUT2D eigenvalue weighted by Gasteiger charge is 2.24. The molecule has 1 amide bonds. The van der Waals surface area contributed by atoms with E-state index in [9.17, 15) is 4.79 Å².